The van der Waals surface area contributed by atoms with Crippen molar-refractivity contribution in [2.24, 2.45) is 5.73 Å². The number of urea groups is 1. The highest BCUT2D eigenvalue weighted by atomic mass is 31.0. The lowest BCUT2D eigenvalue weighted by Crippen LogP contribution is -2.50. The van der Waals surface area contributed by atoms with E-state index in [1.165, 1.54) is 15.3 Å². The SMILES string of the molecule is CCC(F)(P)c1cc(CNC(=O)N2CCNCC2)cc(C(F)(F)F)c1.NC1(Cc2nc3c(C(F)(F)P)cc(C(F)(F)F)cc3[nH]2)CCCCC1. The highest BCUT2D eigenvalue weighted by molar-refractivity contribution is 7.18. The topological polar surface area (TPSA) is 99.1 Å². The first kappa shape index (κ1) is 40.1. The summed E-state index contributed by atoms with van der Waals surface area (Å²) in [4.78, 5) is 20.6. The standard InChI is InChI=1S/C16H19F5N3P.C16H22F4N3OP/c17-15(18,19)9-6-10(16(20,21)25)13-11(7-9)23-12(24-13)8-14(22)4-2-1-3-5-14;1-2-15(17,25)12-7-11(8-13(9-12)16(18,19)20)10-22-14(24)23-5-3-21-4-6-23/h6-7H,1-5,8,22,25H2,(H,23,24);7-9,21H,2-6,10,25H2,1H3,(H,22,24). The van der Waals surface area contributed by atoms with E-state index >= 15 is 0 Å². The van der Waals surface area contributed by atoms with Gasteiger partial charge in [-0.25, -0.2) is 14.2 Å². The van der Waals surface area contributed by atoms with Crippen LogP contribution in [0.15, 0.2) is 30.3 Å². The van der Waals surface area contributed by atoms with Crippen molar-refractivity contribution in [2.75, 3.05) is 26.2 Å². The van der Waals surface area contributed by atoms with Gasteiger partial charge in [-0.05, 0) is 54.7 Å². The zero-order valence-corrected chi connectivity index (χ0v) is 29.6. The van der Waals surface area contributed by atoms with Crippen molar-refractivity contribution in [3.05, 3.63) is 64.0 Å². The molecule has 3 aromatic rings. The Kier molecular flexibility index (Phi) is 12.4. The van der Waals surface area contributed by atoms with E-state index in [4.69, 9.17) is 5.73 Å². The van der Waals surface area contributed by atoms with Crippen molar-refractivity contribution in [3.63, 3.8) is 0 Å². The number of amides is 2. The van der Waals surface area contributed by atoms with E-state index < -0.39 is 45.7 Å². The molecule has 1 aromatic heterocycles. The number of imidazole rings is 1. The number of fused-ring (bicyclic) bond motifs is 1. The number of halogens is 9. The molecular formula is C32H41F9N6OP2. The van der Waals surface area contributed by atoms with E-state index in [9.17, 15) is 44.3 Å². The van der Waals surface area contributed by atoms with Crippen LogP contribution in [-0.2, 0) is 36.4 Å². The molecule has 7 nitrogen and oxygen atoms in total. The predicted molar refractivity (Wildman–Crippen MR) is 179 cm³/mol. The quantitative estimate of drug-likeness (QED) is 0.145. The van der Waals surface area contributed by atoms with Crippen molar-refractivity contribution in [2.45, 2.75) is 87.4 Å². The van der Waals surface area contributed by atoms with Crippen LogP contribution in [-0.4, -0.2) is 52.6 Å². The van der Waals surface area contributed by atoms with Crippen LogP contribution in [0.1, 0.15) is 79.1 Å². The molecule has 2 aliphatic rings. The fourth-order valence-corrected chi connectivity index (χ4v) is 6.38. The van der Waals surface area contributed by atoms with E-state index in [0.717, 1.165) is 50.3 Å². The van der Waals surface area contributed by atoms with Gasteiger partial charge in [0, 0.05) is 44.7 Å². The zero-order valence-electron chi connectivity index (χ0n) is 27.3. The Morgan fingerprint density at radius 2 is 1.48 bits per heavy atom. The van der Waals surface area contributed by atoms with Gasteiger partial charge >= 0.3 is 18.4 Å². The van der Waals surface area contributed by atoms with Gasteiger partial charge in [0.1, 0.15) is 11.2 Å². The molecule has 5 N–H and O–H groups in total. The maximum absolute atomic E-state index is 14.5. The molecule has 5 rings (SSSR count). The smallest absolute Gasteiger partial charge is 0.342 e. The van der Waals surface area contributed by atoms with Crippen molar-refractivity contribution < 1.29 is 44.3 Å². The number of hydrogen-bond acceptors (Lipinski definition) is 4. The number of hydrogen-bond donors (Lipinski definition) is 4. The average molecular weight is 759 g/mol. The molecule has 1 aliphatic carbocycles. The first-order valence-corrected chi connectivity index (χ1v) is 17.3. The number of alkyl halides is 9. The number of aromatic amines is 1. The third-order valence-electron chi connectivity index (χ3n) is 8.85. The lowest BCUT2D eigenvalue weighted by molar-refractivity contribution is -0.138. The Morgan fingerprint density at radius 1 is 0.900 bits per heavy atom. The summed E-state index contributed by atoms with van der Waals surface area (Å²) in [5.74, 6) is 0.342. The Hall–Kier alpha value is -2.67. The molecule has 0 bridgehead atoms. The Labute approximate surface area is 288 Å². The van der Waals surface area contributed by atoms with Gasteiger partial charge in [-0.2, -0.15) is 35.1 Å². The van der Waals surface area contributed by atoms with Gasteiger partial charge < -0.3 is 26.3 Å². The van der Waals surface area contributed by atoms with Crippen molar-refractivity contribution in [3.8, 4) is 0 Å². The molecule has 1 saturated carbocycles. The average Bonchev–Trinajstić information content (AvgIpc) is 3.44. The monoisotopic (exact) mass is 758 g/mol. The molecule has 2 heterocycles. The summed E-state index contributed by atoms with van der Waals surface area (Å²) in [6, 6.07) is 4.06. The summed E-state index contributed by atoms with van der Waals surface area (Å²) >= 11 is 0. The van der Waals surface area contributed by atoms with Crippen LogP contribution in [0.5, 0.6) is 0 Å². The van der Waals surface area contributed by atoms with E-state index in [1.54, 1.807) is 11.8 Å². The lowest BCUT2D eigenvalue weighted by atomic mass is 9.80. The number of carbonyl (C=O) groups excluding carboxylic acids is 1. The van der Waals surface area contributed by atoms with Crippen LogP contribution in [0, 0.1) is 0 Å². The molecule has 1 aliphatic heterocycles. The zero-order chi connectivity index (χ0) is 37.1. The number of benzene rings is 2. The van der Waals surface area contributed by atoms with Gasteiger partial charge in [0.15, 0.2) is 0 Å². The minimum atomic E-state index is -4.72. The third-order valence-corrected chi connectivity index (χ3v) is 9.91. The van der Waals surface area contributed by atoms with Crippen LogP contribution >= 0.6 is 18.5 Å². The highest BCUT2D eigenvalue weighted by Crippen LogP contribution is 2.43. The molecule has 0 spiro atoms. The largest absolute Gasteiger partial charge is 0.416 e. The van der Waals surface area contributed by atoms with Crippen molar-refractivity contribution in [1.82, 2.24) is 25.5 Å². The molecule has 3 unspecified atom stereocenters. The minimum absolute atomic E-state index is 0.0194. The second-order valence-electron chi connectivity index (χ2n) is 12.9. The minimum Gasteiger partial charge on any atom is -0.342 e. The van der Waals surface area contributed by atoms with Gasteiger partial charge in [-0.15, -0.1) is 0 Å². The van der Waals surface area contributed by atoms with Crippen LogP contribution in [0.25, 0.3) is 11.0 Å². The first-order chi connectivity index (χ1) is 23.1. The summed E-state index contributed by atoms with van der Waals surface area (Å²) in [6.07, 6.45) is -4.35. The Bertz CT molecular complexity index is 1630. The number of aromatic nitrogens is 2. The van der Waals surface area contributed by atoms with Gasteiger partial charge in [-0.1, -0.05) is 50.7 Å². The molecule has 3 atom stereocenters. The molecule has 1 saturated heterocycles. The lowest BCUT2D eigenvalue weighted by Gasteiger charge is -2.32. The van der Waals surface area contributed by atoms with Gasteiger partial charge in [-0.3, -0.25) is 0 Å². The highest BCUT2D eigenvalue weighted by Gasteiger charge is 2.37. The number of nitrogens with zero attached hydrogens (tertiary/aromatic N) is 2. The Morgan fingerprint density at radius 3 is 2.04 bits per heavy atom. The first-order valence-electron chi connectivity index (χ1n) is 16.1. The van der Waals surface area contributed by atoms with Crippen LogP contribution < -0.4 is 16.4 Å². The number of carbonyl (C=O) groups is 1. The normalized spacial score (nSPS) is 18.3. The number of nitrogens with one attached hydrogen (secondary N) is 3. The molecule has 2 amide bonds. The maximum Gasteiger partial charge on any atom is 0.416 e. The van der Waals surface area contributed by atoms with E-state index in [1.807, 2.05) is 9.24 Å². The second-order valence-corrected chi connectivity index (χ2v) is 14.5. The summed E-state index contributed by atoms with van der Waals surface area (Å²) in [6.45, 7) is 3.89. The maximum atomic E-state index is 14.5. The summed E-state index contributed by atoms with van der Waals surface area (Å²) in [5.41, 5.74) is -0.548. The third kappa shape index (κ3) is 10.4. The second kappa shape index (κ2) is 15.5. The summed E-state index contributed by atoms with van der Waals surface area (Å²) in [7, 11) is 3.23. The fraction of sp³-hybridized carbons (Fsp3) is 0.562. The molecular weight excluding hydrogens is 717 g/mol. The van der Waals surface area contributed by atoms with Crippen LogP contribution in [0.3, 0.4) is 0 Å². The molecule has 2 fully saturated rings. The Balaban J connectivity index is 0.000000225. The predicted octanol–water partition coefficient (Wildman–Crippen LogP) is 7.94. The number of H-pyrrole nitrogens is 1. The van der Waals surface area contributed by atoms with E-state index in [2.05, 4.69) is 20.6 Å². The number of nitrogens with two attached hydrogens (primary N) is 1. The van der Waals surface area contributed by atoms with Crippen LogP contribution in [0.2, 0.25) is 0 Å². The van der Waals surface area contributed by atoms with Crippen molar-refractivity contribution in [1.29, 1.82) is 0 Å². The number of rotatable bonds is 7. The number of piperazine rings is 1. The molecule has 50 heavy (non-hydrogen) atoms. The van der Waals surface area contributed by atoms with E-state index in [-0.39, 0.29) is 41.2 Å². The summed E-state index contributed by atoms with van der Waals surface area (Å²) in [5, 5.41) is 3.77. The van der Waals surface area contributed by atoms with Crippen LogP contribution in [0.4, 0.5) is 44.3 Å². The fourth-order valence-electron chi connectivity index (χ4n) is 6.00. The van der Waals surface area contributed by atoms with Gasteiger partial charge in [0.05, 0.1) is 27.7 Å². The van der Waals surface area contributed by atoms with Gasteiger partial charge in [0.2, 0.25) is 0 Å². The molecule has 18 heteroatoms. The van der Waals surface area contributed by atoms with Crippen molar-refractivity contribution >= 4 is 35.5 Å². The van der Waals surface area contributed by atoms with Gasteiger partial charge in [0.25, 0.3) is 5.66 Å². The molecule has 278 valence electrons. The van der Waals surface area contributed by atoms with E-state index in [0.29, 0.717) is 44.5 Å². The molecule has 0 radical (unpaired) electrons. The summed E-state index contributed by atoms with van der Waals surface area (Å²) < 4.78 is 120. The molecule has 2 aromatic carbocycles.